The van der Waals surface area contributed by atoms with Crippen LogP contribution < -0.4 is 5.32 Å². The van der Waals surface area contributed by atoms with Crippen molar-refractivity contribution >= 4 is 17.8 Å². The van der Waals surface area contributed by atoms with E-state index in [2.05, 4.69) is 15.3 Å². The van der Waals surface area contributed by atoms with Crippen LogP contribution in [0.4, 0.5) is 4.79 Å². The molecule has 8 heteroatoms. The molecule has 3 rings (SSSR count). The predicted molar refractivity (Wildman–Crippen MR) is 80.6 cm³/mol. The molecule has 122 valence electrons. The summed E-state index contributed by atoms with van der Waals surface area (Å²) in [5.74, 6) is 0.271. The van der Waals surface area contributed by atoms with E-state index in [1.165, 1.54) is 0 Å². The van der Waals surface area contributed by atoms with Gasteiger partial charge in [0.1, 0.15) is 12.4 Å². The molecule has 0 radical (unpaired) electrons. The van der Waals surface area contributed by atoms with Gasteiger partial charge < -0.3 is 10.2 Å². The van der Waals surface area contributed by atoms with Gasteiger partial charge in [0.15, 0.2) is 0 Å². The number of nitrogens with one attached hydrogen (secondary N) is 1. The molecule has 1 aromatic heterocycles. The zero-order valence-electron chi connectivity index (χ0n) is 13.2. The van der Waals surface area contributed by atoms with Crippen molar-refractivity contribution in [3.05, 3.63) is 23.3 Å². The fraction of sp³-hybridized carbons (Fsp3) is 0.533. The largest absolute Gasteiger partial charge is 0.340 e. The molecule has 0 aliphatic carbocycles. The summed E-state index contributed by atoms with van der Waals surface area (Å²) in [6.07, 6.45) is 0.786. The molecule has 1 atom stereocenters. The molecular formula is C15H19N5O3. The van der Waals surface area contributed by atoms with Crippen molar-refractivity contribution < 1.29 is 14.4 Å². The molecular weight excluding hydrogens is 298 g/mol. The van der Waals surface area contributed by atoms with Crippen LogP contribution >= 0.6 is 0 Å². The normalized spacial score (nSPS) is 21.0. The Morgan fingerprint density at radius 1 is 1.30 bits per heavy atom. The van der Waals surface area contributed by atoms with E-state index in [9.17, 15) is 14.4 Å². The van der Waals surface area contributed by atoms with E-state index in [1.54, 1.807) is 4.90 Å². The first-order chi connectivity index (χ1) is 10.9. The third-order valence-corrected chi connectivity index (χ3v) is 4.14. The fourth-order valence-electron chi connectivity index (χ4n) is 2.98. The number of imide groups is 1. The minimum absolute atomic E-state index is 0.0366. The first kappa shape index (κ1) is 15.4. The van der Waals surface area contributed by atoms with Crippen LogP contribution in [0.2, 0.25) is 0 Å². The average Bonchev–Trinajstić information content (AvgIpc) is 3.09. The lowest BCUT2D eigenvalue weighted by Crippen LogP contribution is -2.42. The number of aryl methyl sites for hydroxylation is 2. The van der Waals surface area contributed by atoms with E-state index in [4.69, 9.17) is 0 Å². The van der Waals surface area contributed by atoms with Crippen LogP contribution in [0, 0.1) is 13.8 Å². The summed E-state index contributed by atoms with van der Waals surface area (Å²) >= 11 is 0. The van der Waals surface area contributed by atoms with Crippen LogP contribution in [0.5, 0.6) is 0 Å². The van der Waals surface area contributed by atoms with E-state index in [1.807, 2.05) is 19.9 Å². The van der Waals surface area contributed by atoms with Crippen LogP contribution in [0.25, 0.3) is 0 Å². The lowest BCUT2D eigenvalue weighted by molar-refractivity contribution is -0.135. The number of aromatic nitrogens is 2. The quantitative estimate of drug-likeness (QED) is 0.789. The molecule has 23 heavy (non-hydrogen) atoms. The minimum Gasteiger partial charge on any atom is -0.340 e. The summed E-state index contributed by atoms with van der Waals surface area (Å²) in [4.78, 5) is 46.9. The maximum atomic E-state index is 12.3. The molecule has 3 heterocycles. The maximum Gasteiger partial charge on any atom is 0.325 e. The molecule has 1 N–H and O–H groups in total. The zero-order chi connectivity index (χ0) is 16.6. The van der Waals surface area contributed by atoms with Crippen molar-refractivity contribution in [1.29, 1.82) is 0 Å². The van der Waals surface area contributed by atoms with E-state index in [-0.39, 0.29) is 30.8 Å². The van der Waals surface area contributed by atoms with Crippen molar-refractivity contribution in [2.45, 2.75) is 26.2 Å². The third kappa shape index (κ3) is 3.15. The van der Waals surface area contributed by atoms with Gasteiger partial charge in [0, 0.05) is 30.4 Å². The van der Waals surface area contributed by atoms with Gasteiger partial charge in [-0.1, -0.05) is 0 Å². The Kier molecular flexibility index (Phi) is 3.97. The predicted octanol–water partition coefficient (Wildman–Crippen LogP) is -0.0389. The standard InChI is InChI=1S/C15H19N5O3/c1-9-5-10(2)18-14(17-9)11-3-4-19(7-11)13(22)8-20-12(21)6-16-15(20)23/h5,11H,3-4,6-8H2,1-2H3,(H,16,23)/t11-/m0/s1. The molecule has 2 saturated heterocycles. The Hall–Kier alpha value is -2.51. The Labute approximate surface area is 133 Å². The molecule has 1 aromatic rings. The van der Waals surface area contributed by atoms with E-state index < -0.39 is 6.03 Å². The molecule has 2 aliphatic heterocycles. The first-order valence-corrected chi connectivity index (χ1v) is 7.62. The van der Waals surface area contributed by atoms with Crippen LogP contribution in [0.3, 0.4) is 0 Å². The van der Waals surface area contributed by atoms with E-state index >= 15 is 0 Å². The topological polar surface area (TPSA) is 95.5 Å². The molecule has 2 fully saturated rings. The molecule has 0 aromatic carbocycles. The number of amides is 4. The van der Waals surface area contributed by atoms with Crippen LogP contribution in [0.1, 0.15) is 29.6 Å². The molecule has 0 spiro atoms. The minimum atomic E-state index is -0.503. The highest BCUT2D eigenvalue weighted by Crippen LogP contribution is 2.25. The monoisotopic (exact) mass is 317 g/mol. The van der Waals surface area contributed by atoms with E-state index in [0.717, 1.165) is 28.5 Å². The Bertz CT molecular complexity index is 639. The van der Waals surface area contributed by atoms with Gasteiger partial charge in [-0.15, -0.1) is 0 Å². The lowest BCUT2D eigenvalue weighted by atomic mass is 10.1. The van der Waals surface area contributed by atoms with Crippen LogP contribution in [-0.2, 0) is 9.59 Å². The number of likely N-dealkylation sites (tertiary alicyclic amines) is 1. The molecule has 0 bridgehead atoms. The summed E-state index contributed by atoms with van der Waals surface area (Å²) < 4.78 is 0. The summed E-state index contributed by atoms with van der Waals surface area (Å²) in [5, 5.41) is 2.41. The van der Waals surface area contributed by atoms with Crippen LogP contribution in [0.15, 0.2) is 6.07 Å². The highest BCUT2D eigenvalue weighted by Gasteiger charge is 2.34. The maximum absolute atomic E-state index is 12.3. The summed E-state index contributed by atoms with van der Waals surface area (Å²) in [6, 6.07) is 1.41. The van der Waals surface area contributed by atoms with Crippen LogP contribution in [-0.4, -0.2) is 63.8 Å². The Morgan fingerprint density at radius 3 is 2.61 bits per heavy atom. The highest BCUT2D eigenvalue weighted by atomic mass is 16.2. The second-order valence-electron chi connectivity index (χ2n) is 5.97. The number of hydrogen-bond donors (Lipinski definition) is 1. The lowest BCUT2D eigenvalue weighted by Gasteiger charge is -2.19. The number of nitrogens with zero attached hydrogens (tertiary/aromatic N) is 4. The molecule has 0 unspecified atom stereocenters. The van der Waals surface area contributed by atoms with Crippen molar-refractivity contribution in [3.8, 4) is 0 Å². The fourth-order valence-corrected chi connectivity index (χ4v) is 2.98. The van der Waals surface area contributed by atoms with Gasteiger partial charge in [-0.2, -0.15) is 0 Å². The van der Waals surface area contributed by atoms with Gasteiger partial charge in [0.05, 0.1) is 6.54 Å². The van der Waals surface area contributed by atoms with Gasteiger partial charge in [-0.05, 0) is 26.3 Å². The first-order valence-electron chi connectivity index (χ1n) is 7.62. The van der Waals surface area contributed by atoms with Crippen molar-refractivity contribution in [2.24, 2.45) is 0 Å². The van der Waals surface area contributed by atoms with Gasteiger partial charge in [0.25, 0.3) is 5.91 Å². The molecule has 4 amide bonds. The number of hydrogen-bond acceptors (Lipinski definition) is 5. The SMILES string of the molecule is Cc1cc(C)nc([C@H]2CCN(C(=O)CN3C(=O)CNC3=O)C2)n1. The van der Waals surface area contributed by atoms with Gasteiger partial charge in [-0.3, -0.25) is 14.5 Å². The number of rotatable bonds is 3. The second-order valence-corrected chi connectivity index (χ2v) is 5.97. The second kappa shape index (κ2) is 5.94. The average molecular weight is 317 g/mol. The number of urea groups is 1. The van der Waals surface area contributed by atoms with Crippen molar-refractivity contribution in [3.63, 3.8) is 0 Å². The molecule has 8 nitrogen and oxygen atoms in total. The summed E-state index contributed by atoms with van der Waals surface area (Å²) in [5.41, 5.74) is 1.83. The number of carbonyl (C=O) groups is 3. The Balaban J connectivity index is 1.64. The molecule has 2 aliphatic rings. The van der Waals surface area contributed by atoms with Crippen molar-refractivity contribution in [2.75, 3.05) is 26.2 Å². The highest BCUT2D eigenvalue weighted by molar-refractivity contribution is 6.04. The van der Waals surface area contributed by atoms with Gasteiger partial charge >= 0.3 is 6.03 Å². The van der Waals surface area contributed by atoms with Crippen molar-refractivity contribution in [1.82, 2.24) is 25.1 Å². The van der Waals surface area contributed by atoms with Gasteiger partial charge in [0.2, 0.25) is 5.91 Å². The smallest absolute Gasteiger partial charge is 0.325 e. The summed E-state index contributed by atoms with van der Waals surface area (Å²) in [7, 11) is 0. The third-order valence-electron chi connectivity index (χ3n) is 4.14. The Morgan fingerprint density at radius 2 is 2.00 bits per heavy atom. The number of carbonyl (C=O) groups excluding carboxylic acids is 3. The van der Waals surface area contributed by atoms with Gasteiger partial charge in [-0.25, -0.2) is 14.8 Å². The van der Waals surface area contributed by atoms with E-state index in [0.29, 0.717) is 13.1 Å². The zero-order valence-corrected chi connectivity index (χ0v) is 13.2. The molecule has 0 saturated carbocycles. The summed E-state index contributed by atoms with van der Waals surface area (Å²) in [6.45, 7) is 4.71.